The first-order valence-electron chi connectivity index (χ1n) is 5.66. The van der Waals surface area contributed by atoms with E-state index >= 15 is 0 Å². The van der Waals surface area contributed by atoms with Crippen LogP contribution in [0.3, 0.4) is 0 Å². The first-order chi connectivity index (χ1) is 8.22. The lowest BCUT2D eigenvalue weighted by molar-refractivity contribution is 0.985. The van der Waals surface area contributed by atoms with Gasteiger partial charge in [0.05, 0.1) is 5.69 Å². The number of para-hydroxylation sites is 1. The molecule has 0 saturated heterocycles. The number of nitrogens with zero attached hydrogens (tertiary/aromatic N) is 2. The van der Waals surface area contributed by atoms with E-state index in [1.807, 2.05) is 24.3 Å². The smallest absolute Gasteiger partial charge is 0.0560 e. The van der Waals surface area contributed by atoms with Crippen LogP contribution in [0.5, 0.6) is 0 Å². The number of benzene rings is 1. The maximum absolute atomic E-state index is 5.61. The summed E-state index contributed by atoms with van der Waals surface area (Å²) < 4.78 is 0. The van der Waals surface area contributed by atoms with Gasteiger partial charge in [-0.3, -0.25) is 4.98 Å². The van der Waals surface area contributed by atoms with Gasteiger partial charge in [0.1, 0.15) is 0 Å². The summed E-state index contributed by atoms with van der Waals surface area (Å²) >= 11 is 0. The molecule has 0 unspecified atom stereocenters. The molecule has 3 heteroatoms. The van der Waals surface area contributed by atoms with E-state index in [9.17, 15) is 0 Å². The summed E-state index contributed by atoms with van der Waals surface area (Å²) in [6.07, 6.45) is 1.80. The lowest BCUT2D eigenvalue weighted by atomic mass is 10.1. The Labute approximate surface area is 102 Å². The molecule has 1 aromatic carbocycles. The van der Waals surface area contributed by atoms with Crippen LogP contribution in [0.1, 0.15) is 11.3 Å². The van der Waals surface area contributed by atoms with Crippen molar-refractivity contribution in [2.24, 2.45) is 5.73 Å². The Morgan fingerprint density at radius 2 is 2.00 bits per heavy atom. The predicted octanol–water partition coefficient (Wildman–Crippen LogP) is 2.62. The molecule has 0 spiro atoms. The third kappa shape index (κ3) is 2.45. The molecule has 0 atom stereocenters. The molecular weight excluding hydrogens is 210 g/mol. The van der Waals surface area contributed by atoms with Gasteiger partial charge >= 0.3 is 0 Å². The average molecular weight is 227 g/mol. The first-order valence-corrected chi connectivity index (χ1v) is 5.66. The van der Waals surface area contributed by atoms with Crippen molar-refractivity contribution in [3.05, 3.63) is 53.9 Å². The van der Waals surface area contributed by atoms with Crippen molar-refractivity contribution < 1.29 is 0 Å². The quantitative estimate of drug-likeness (QED) is 0.876. The highest BCUT2D eigenvalue weighted by Gasteiger charge is 2.06. The molecule has 3 nitrogen and oxygen atoms in total. The first kappa shape index (κ1) is 11.6. The van der Waals surface area contributed by atoms with Crippen molar-refractivity contribution in [1.29, 1.82) is 0 Å². The van der Waals surface area contributed by atoms with Crippen LogP contribution in [0.4, 0.5) is 11.4 Å². The molecule has 17 heavy (non-hydrogen) atoms. The fourth-order valence-electron chi connectivity index (χ4n) is 1.86. The van der Waals surface area contributed by atoms with E-state index in [2.05, 4.69) is 36.0 Å². The highest BCUT2D eigenvalue weighted by Crippen LogP contribution is 2.26. The molecule has 0 bridgehead atoms. The topological polar surface area (TPSA) is 42.2 Å². The fourth-order valence-corrected chi connectivity index (χ4v) is 1.86. The zero-order valence-electron chi connectivity index (χ0n) is 10.2. The van der Waals surface area contributed by atoms with Gasteiger partial charge in [-0.2, -0.15) is 0 Å². The van der Waals surface area contributed by atoms with Crippen LogP contribution < -0.4 is 10.6 Å². The van der Waals surface area contributed by atoms with Crippen LogP contribution in [0, 0.1) is 6.92 Å². The largest absolute Gasteiger partial charge is 0.344 e. The summed E-state index contributed by atoms with van der Waals surface area (Å²) in [4.78, 5) is 6.35. The fraction of sp³-hybridized carbons (Fsp3) is 0.214. The number of aromatic nitrogens is 1. The molecule has 1 heterocycles. The minimum absolute atomic E-state index is 0.468. The zero-order chi connectivity index (χ0) is 12.3. The van der Waals surface area contributed by atoms with Gasteiger partial charge in [0, 0.05) is 31.2 Å². The Kier molecular flexibility index (Phi) is 3.40. The summed E-state index contributed by atoms with van der Waals surface area (Å²) in [7, 11) is 2.05. The molecule has 1 aromatic heterocycles. The van der Waals surface area contributed by atoms with E-state index in [0.29, 0.717) is 6.54 Å². The number of hydrogen-bond donors (Lipinski definition) is 1. The number of pyridine rings is 1. The van der Waals surface area contributed by atoms with E-state index in [4.69, 9.17) is 5.73 Å². The van der Waals surface area contributed by atoms with Crippen LogP contribution in [0.25, 0.3) is 0 Å². The van der Waals surface area contributed by atoms with E-state index in [1.54, 1.807) is 6.20 Å². The molecular formula is C14H17N3. The second-order valence-electron chi connectivity index (χ2n) is 4.06. The second-order valence-corrected chi connectivity index (χ2v) is 4.06. The third-order valence-electron chi connectivity index (χ3n) is 2.87. The van der Waals surface area contributed by atoms with Crippen molar-refractivity contribution in [3.63, 3.8) is 0 Å². The Morgan fingerprint density at radius 1 is 1.24 bits per heavy atom. The van der Waals surface area contributed by atoms with Gasteiger partial charge in [0.2, 0.25) is 0 Å². The van der Waals surface area contributed by atoms with Gasteiger partial charge in [0.25, 0.3) is 0 Å². The van der Waals surface area contributed by atoms with Crippen molar-refractivity contribution >= 4 is 11.4 Å². The number of nitrogens with two attached hydrogens (primary N) is 1. The molecule has 2 aromatic rings. The number of anilines is 2. The minimum atomic E-state index is 0.468. The molecule has 0 saturated carbocycles. The highest BCUT2D eigenvalue weighted by molar-refractivity contribution is 5.65. The maximum atomic E-state index is 5.61. The van der Waals surface area contributed by atoms with E-state index in [0.717, 1.165) is 11.4 Å². The highest BCUT2D eigenvalue weighted by atomic mass is 15.1. The van der Waals surface area contributed by atoms with E-state index in [-0.39, 0.29) is 0 Å². The van der Waals surface area contributed by atoms with Crippen molar-refractivity contribution in [2.45, 2.75) is 13.5 Å². The van der Waals surface area contributed by atoms with Crippen molar-refractivity contribution in [2.75, 3.05) is 11.9 Å². The molecule has 0 aliphatic rings. The Balaban J connectivity index is 2.37. The molecule has 0 amide bonds. The molecule has 2 N–H and O–H groups in total. The van der Waals surface area contributed by atoms with E-state index in [1.165, 1.54) is 11.3 Å². The monoisotopic (exact) mass is 227 g/mol. The van der Waals surface area contributed by atoms with Crippen LogP contribution in [-0.2, 0) is 6.54 Å². The zero-order valence-corrected chi connectivity index (χ0v) is 10.2. The van der Waals surface area contributed by atoms with Gasteiger partial charge in [-0.15, -0.1) is 0 Å². The van der Waals surface area contributed by atoms with Gasteiger partial charge < -0.3 is 10.6 Å². The van der Waals surface area contributed by atoms with Crippen LogP contribution in [-0.4, -0.2) is 12.0 Å². The third-order valence-corrected chi connectivity index (χ3v) is 2.87. The Morgan fingerprint density at radius 3 is 2.71 bits per heavy atom. The standard InChI is InChI=1S/C14H17N3/c1-11-5-3-4-6-14(11)17(2)13-7-8-16-12(9-13)10-15/h3-9H,10,15H2,1-2H3. The Bertz CT molecular complexity index is 508. The normalized spacial score (nSPS) is 10.3. The lowest BCUT2D eigenvalue weighted by Crippen LogP contribution is -2.12. The summed E-state index contributed by atoms with van der Waals surface area (Å²) in [5, 5.41) is 0. The maximum Gasteiger partial charge on any atom is 0.0560 e. The summed E-state index contributed by atoms with van der Waals surface area (Å²) in [5.41, 5.74) is 10.1. The SMILES string of the molecule is Cc1ccccc1N(C)c1ccnc(CN)c1. The van der Waals surface area contributed by atoms with Gasteiger partial charge in [0.15, 0.2) is 0 Å². The number of aryl methyl sites for hydroxylation is 1. The van der Waals surface area contributed by atoms with Gasteiger partial charge in [-0.1, -0.05) is 18.2 Å². The Hall–Kier alpha value is -1.87. The molecule has 0 aliphatic carbocycles. The van der Waals surface area contributed by atoms with Crippen LogP contribution in [0.2, 0.25) is 0 Å². The second kappa shape index (κ2) is 4.97. The molecule has 88 valence electrons. The lowest BCUT2D eigenvalue weighted by Gasteiger charge is -2.21. The number of rotatable bonds is 3. The minimum Gasteiger partial charge on any atom is -0.344 e. The molecule has 0 radical (unpaired) electrons. The summed E-state index contributed by atoms with van der Waals surface area (Å²) in [6, 6.07) is 12.3. The molecule has 0 fully saturated rings. The van der Waals surface area contributed by atoms with Gasteiger partial charge in [-0.05, 0) is 30.7 Å². The van der Waals surface area contributed by atoms with Crippen LogP contribution in [0.15, 0.2) is 42.6 Å². The summed E-state index contributed by atoms with van der Waals surface area (Å²) in [5.74, 6) is 0. The molecule has 2 rings (SSSR count). The number of hydrogen-bond acceptors (Lipinski definition) is 3. The van der Waals surface area contributed by atoms with Crippen molar-refractivity contribution in [1.82, 2.24) is 4.98 Å². The van der Waals surface area contributed by atoms with Gasteiger partial charge in [-0.25, -0.2) is 0 Å². The van der Waals surface area contributed by atoms with E-state index < -0.39 is 0 Å². The van der Waals surface area contributed by atoms with Crippen molar-refractivity contribution in [3.8, 4) is 0 Å². The summed E-state index contributed by atoms with van der Waals surface area (Å²) in [6.45, 7) is 2.58. The predicted molar refractivity (Wildman–Crippen MR) is 71.4 cm³/mol. The molecule has 0 aliphatic heterocycles. The average Bonchev–Trinajstić information content (AvgIpc) is 2.38. The van der Waals surface area contributed by atoms with Crippen LogP contribution >= 0.6 is 0 Å².